The summed E-state index contributed by atoms with van der Waals surface area (Å²) < 4.78 is 0. The van der Waals surface area contributed by atoms with Crippen LogP contribution in [0.25, 0.3) is 27.6 Å². The highest BCUT2D eigenvalue weighted by atomic mass is 16.1. The van der Waals surface area contributed by atoms with Crippen molar-refractivity contribution in [3.05, 3.63) is 96.3 Å². The number of fused-ring (bicyclic) bond motifs is 3. The van der Waals surface area contributed by atoms with Crippen LogP contribution >= 0.6 is 0 Å². The molecule has 0 atom stereocenters. The molecule has 0 spiro atoms. The zero-order valence-electron chi connectivity index (χ0n) is 13.0. The van der Waals surface area contributed by atoms with Crippen molar-refractivity contribution < 1.29 is 4.79 Å². The number of hydrogen-bond acceptors (Lipinski definition) is 2. The second-order valence-electron chi connectivity index (χ2n) is 5.67. The Morgan fingerprint density at radius 3 is 2.38 bits per heavy atom. The van der Waals surface area contributed by atoms with Crippen LogP contribution in [-0.2, 0) is 0 Å². The van der Waals surface area contributed by atoms with Crippen molar-refractivity contribution in [2.75, 3.05) is 0 Å². The second-order valence-corrected chi connectivity index (χ2v) is 5.67. The Balaban J connectivity index is 1.84. The van der Waals surface area contributed by atoms with E-state index in [-0.39, 0.29) is 5.78 Å². The number of carbonyl (C=O) groups is 1. The lowest BCUT2D eigenvalue weighted by molar-refractivity contribution is 0.104. The van der Waals surface area contributed by atoms with E-state index in [0.717, 1.165) is 10.9 Å². The van der Waals surface area contributed by atoms with E-state index in [4.69, 9.17) is 0 Å². The topological polar surface area (TPSA) is 30.0 Å². The van der Waals surface area contributed by atoms with Crippen molar-refractivity contribution in [3.63, 3.8) is 0 Å². The molecule has 24 heavy (non-hydrogen) atoms. The average Bonchev–Trinajstić information content (AvgIpc) is 2.66. The van der Waals surface area contributed by atoms with Gasteiger partial charge in [-0.1, -0.05) is 54.6 Å². The molecule has 0 bridgehead atoms. The maximum atomic E-state index is 12.3. The van der Waals surface area contributed by atoms with Gasteiger partial charge in [0.25, 0.3) is 0 Å². The molecule has 0 amide bonds. The highest BCUT2D eigenvalue weighted by Crippen LogP contribution is 2.29. The van der Waals surface area contributed by atoms with E-state index >= 15 is 0 Å². The van der Waals surface area contributed by atoms with E-state index in [9.17, 15) is 4.79 Å². The minimum absolute atomic E-state index is 0.0414. The summed E-state index contributed by atoms with van der Waals surface area (Å²) in [6, 6.07) is 22.3. The zero-order valence-corrected chi connectivity index (χ0v) is 13.0. The van der Waals surface area contributed by atoms with Gasteiger partial charge in [-0.25, -0.2) is 0 Å². The third-order valence-corrected chi connectivity index (χ3v) is 4.16. The predicted octanol–water partition coefficient (Wildman–Crippen LogP) is 5.28. The Morgan fingerprint density at radius 2 is 1.58 bits per heavy atom. The lowest BCUT2D eigenvalue weighted by Gasteiger charge is -2.07. The Kier molecular flexibility index (Phi) is 3.64. The standard InChI is InChI=1S/C22H15NO/c24-22(18-7-5-13-23-15-18)12-11-17-14-16-6-1-2-8-19(16)21-10-4-3-9-20(17)21/h1-15H/b12-11+. The van der Waals surface area contributed by atoms with Crippen molar-refractivity contribution in [1.82, 2.24) is 4.98 Å². The van der Waals surface area contributed by atoms with Crippen LogP contribution in [-0.4, -0.2) is 10.8 Å². The molecule has 4 rings (SSSR count). The van der Waals surface area contributed by atoms with Crippen molar-refractivity contribution in [2.45, 2.75) is 0 Å². The first-order chi connectivity index (χ1) is 11.8. The third-order valence-electron chi connectivity index (χ3n) is 4.16. The molecule has 1 aromatic heterocycles. The summed E-state index contributed by atoms with van der Waals surface area (Å²) in [7, 11) is 0. The van der Waals surface area contributed by atoms with Gasteiger partial charge < -0.3 is 0 Å². The van der Waals surface area contributed by atoms with Crippen molar-refractivity contribution in [3.8, 4) is 0 Å². The van der Waals surface area contributed by atoms with Gasteiger partial charge in [-0.05, 0) is 51.4 Å². The van der Waals surface area contributed by atoms with Crippen LogP contribution in [0.4, 0.5) is 0 Å². The van der Waals surface area contributed by atoms with Gasteiger partial charge in [0.2, 0.25) is 0 Å². The predicted molar refractivity (Wildman–Crippen MR) is 99.1 cm³/mol. The first-order valence-corrected chi connectivity index (χ1v) is 7.86. The molecule has 0 aliphatic heterocycles. The number of aromatic nitrogens is 1. The molecule has 0 fully saturated rings. The van der Waals surface area contributed by atoms with Gasteiger partial charge in [0.1, 0.15) is 0 Å². The molecule has 1 heterocycles. The van der Waals surface area contributed by atoms with E-state index in [1.54, 1.807) is 30.6 Å². The highest BCUT2D eigenvalue weighted by molar-refractivity contribution is 6.12. The molecular formula is C22H15NO. The monoisotopic (exact) mass is 309 g/mol. The average molecular weight is 309 g/mol. The third kappa shape index (κ3) is 2.59. The second kappa shape index (κ2) is 6.09. The van der Waals surface area contributed by atoms with Gasteiger partial charge >= 0.3 is 0 Å². The van der Waals surface area contributed by atoms with Crippen molar-refractivity contribution in [2.24, 2.45) is 0 Å². The van der Waals surface area contributed by atoms with E-state index in [1.165, 1.54) is 16.2 Å². The number of hydrogen-bond donors (Lipinski definition) is 0. The van der Waals surface area contributed by atoms with Crippen LogP contribution in [0.5, 0.6) is 0 Å². The van der Waals surface area contributed by atoms with Crippen LogP contribution in [0.3, 0.4) is 0 Å². The molecule has 114 valence electrons. The summed E-state index contributed by atoms with van der Waals surface area (Å²) in [5.41, 5.74) is 1.64. The Bertz CT molecular complexity index is 1060. The largest absolute Gasteiger partial charge is 0.289 e. The fourth-order valence-corrected chi connectivity index (χ4v) is 2.99. The summed E-state index contributed by atoms with van der Waals surface area (Å²) in [4.78, 5) is 16.3. The molecule has 2 heteroatoms. The van der Waals surface area contributed by atoms with Gasteiger partial charge in [0.15, 0.2) is 5.78 Å². The first kappa shape index (κ1) is 14.3. The fourth-order valence-electron chi connectivity index (χ4n) is 2.99. The molecule has 0 aliphatic carbocycles. The van der Waals surface area contributed by atoms with E-state index in [2.05, 4.69) is 41.4 Å². The summed E-state index contributed by atoms with van der Waals surface area (Å²) in [6.07, 6.45) is 6.76. The summed E-state index contributed by atoms with van der Waals surface area (Å²) >= 11 is 0. The lowest BCUT2D eigenvalue weighted by atomic mass is 9.97. The zero-order chi connectivity index (χ0) is 16.4. The van der Waals surface area contributed by atoms with Crippen LogP contribution in [0.2, 0.25) is 0 Å². The molecule has 4 aromatic rings. The van der Waals surface area contributed by atoms with E-state index in [0.29, 0.717) is 5.56 Å². The molecule has 3 aromatic carbocycles. The number of benzene rings is 3. The van der Waals surface area contributed by atoms with Crippen molar-refractivity contribution >= 4 is 33.4 Å². The number of carbonyl (C=O) groups excluding carboxylic acids is 1. The molecule has 0 saturated heterocycles. The van der Waals surface area contributed by atoms with Gasteiger partial charge in [0, 0.05) is 18.0 Å². The maximum Gasteiger partial charge on any atom is 0.187 e. The Labute approximate surface area is 140 Å². The molecule has 0 radical (unpaired) electrons. The van der Waals surface area contributed by atoms with Crippen LogP contribution in [0.15, 0.2) is 85.2 Å². The number of rotatable bonds is 3. The molecule has 2 nitrogen and oxygen atoms in total. The number of ketones is 1. The molecular weight excluding hydrogens is 294 g/mol. The van der Waals surface area contributed by atoms with E-state index < -0.39 is 0 Å². The first-order valence-electron chi connectivity index (χ1n) is 7.86. The smallest absolute Gasteiger partial charge is 0.187 e. The highest BCUT2D eigenvalue weighted by Gasteiger charge is 2.05. The van der Waals surface area contributed by atoms with Crippen LogP contribution in [0, 0.1) is 0 Å². The molecule has 0 N–H and O–H groups in total. The van der Waals surface area contributed by atoms with Crippen molar-refractivity contribution in [1.29, 1.82) is 0 Å². The quantitative estimate of drug-likeness (QED) is 0.292. The SMILES string of the molecule is O=C(/C=C/c1cc2ccccc2c2ccccc12)c1cccnc1. The minimum Gasteiger partial charge on any atom is -0.289 e. The van der Waals surface area contributed by atoms with Gasteiger partial charge in [-0.3, -0.25) is 9.78 Å². The summed E-state index contributed by atoms with van der Waals surface area (Å²) in [5.74, 6) is -0.0414. The fraction of sp³-hybridized carbons (Fsp3) is 0. The van der Waals surface area contributed by atoms with Gasteiger partial charge in [-0.15, -0.1) is 0 Å². The molecule has 0 aliphatic rings. The van der Waals surface area contributed by atoms with Crippen LogP contribution < -0.4 is 0 Å². The lowest BCUT2D eigenvalue weighted by Crippen LogP contribution is -1.94. The summed E-state index contributed by atoms with van der Waals surface area (Å²) in [6.45, 7) is 0. The normalized spacial score (nSPS) is 11.3. The molecule has 0 unspecified atom stereocenters. The number of allylic oxidation sites excluding steroid dienone is 1. The maximum absolute atomic E-state index is 12.3. The summed E-state index contributed by atoms with van der Waals surface area (Å²) in [5, 5.41) is 4.74. The Morgan fingerprint density at radius 1 is 0.833 bits per heavy atom. The van der Waals surface area contributed by atoms with Crippen LogP contribution in [0.1, 0.15) is 15.9 Å². The van der Waals surface area contributed by atoms with Gasteiger partial charge in [-0.2, -0.15) is 0 Å². The van der Waals surface area contributed by atoms with E-state index in [1.807, 2.05) is 24.3 Å². The number of nitrogens with zero attached hydrogens (tertiary/aromatic N) is 1. The minimum atomic E-state index is -0.0414. The van der Waals surface area contributed by atoms with Gasteiger partial charge in [0.05, 0.1) is 0 Å². The Hall–Kier alpha value is -3.26. The molecule has 0 saturated carbocycles. The number of pyridine rings is 1.